The zero-order valence-corrected chi connectivity index (χ0v) is 17.0. The van der Waals surface area contributed by atoms with Gasteiger partial charge in [-0.25, -0.2) is 9.97 Å². The Kier molecular flexibility index (Phi) is 5.53. The lowest BCUT2D eigenvalue weighted by molar-refractivity contribution is -0.115. The van der Waals surface area contributed by atoms with Crippen molar-refractivity contribution in [1.82, 2.24) is 15.0 Å². The normalized spacial score (nSPS) is 12.2. The molecule has 0 fully saturated rings. The zero-order chi connectivity index (χ0) is 19.7. The van der Waals surface area contributed by atoms with Crippen molar-refractivity contribution in [2.45, 2.75) is 38.1 Å². The predicted octanol–water partition coefficient (Wildman–Crippen LogP) is 4.02. The third-order valence-corrected chi connectivity index (χ3v) is 5.56. The van der Waals surface area contributed by atoms with Crippen LogP contribution in [0.1, 0.15) is 23.7 Å². The van der Waals surface area contributed by atoms with Crippen LogP contribution in [-0.2, 0) is 4.79 Å². The minimum atomic E-state index is -0.477. The molecule has 2 heterocycles. The van der Waals surface area contributed by atoms with Gasteiger partial charge in [0.15, 0.2) is 10.8 Å². The van der Waals surface area contributed by atoms with Gasteiger partial charge in [0.25, 0.3) is 5.56 Å². The molecular weight excluding hydrogens is 384 g/mol. The number of hydrogen-bond donors (Lipinski definition) is 2. The molecule has 2 N–H and O–H groups in total. The van der Waals surface area contributed by atoms with Crippen LogP contribution in [0.5, 0.6) is 0 Å². The number of hydrogen-bond acceptors (Lipinski definition) is 5. The summed E-state index contributed by atoms with van der Waals surface area (Å²) in [5, 5.41) is 3.80. The number of aryl methyl sites for hydroxylation is 2. The molecule has 3 aromatic rings. The van der Waals surface area contributed by atoms with Crippen LogP contribution in [-0.4, -0.2) is 26.1 Å². The Morgan fingerprint density at radius 2 is 2.00 bits per heavy atom. The van der Waals surface area contributed by atoms with Gasteiger partial charge < -0.3 is 10.3 Å². The smallest absolute Gasteiger partial charge is 0.261 e. The molecule has 0 aliphatic heterocycles. The number of amides is 1. The number of H-pyrrole nitrogens is 1. The Hall–Kier alpha value is -2.38. The number of pyridine rings is 1. The Labute approximate surface area is 165 Å². The number of benzene rings is 1. The van der Waals surface area contributed by atoms with E-state index in [1.165, 1.54) is 11.8 Å². The third kappa shape index (κ3) is 4.14. The molecule has 0 bridgehead atoms. The van der Waals surface area contributed by atoms with E-state index in [-0.39, 0.29) is 11.5 Å². The molecule has 0 radical (unpaired) electrons. The van der Waals surface area contributed by atoms with E-state index in [9.17, 15) is 9.59 Å². The molecule has 27 heavy (non-hydrogen) atoms. The monoisotopic (exact) mass is 402 g/mol. The molecule has 1 atom stereocenters. The number of carbonyl (C=O) groups is 1. The average Bonchev–Trinajstić information content (AvgIpc) is 2.57. The summed E-state index contributed by atoms with van der Waals surface area (Å²) in [6, 6.07) is 7.19. The summed E-state index contributed by atoms with van der Waals surface area (Å²) < 4.78 is 0. The van der Waals surface area contributed by atoms with Gasteiger partial charge in [0.05, 0.1) is 10.6 Å². The molecule has 0 aliphatic carbocycles. The first-order valence-electron chi connectivity index (χ1n) is 8.37. The molecule has 8 heteroatoms. The Bertz CT molecular complexity index is 1100. The van der Waals surface area contributed by atoms with Crippen molar-refractivity contribution in [3.8, 4) is 0 Å². The molecule has 0 spiro atoms. The summed E-state index contributed by atoms with van der Waals surface area (Å²) >= 11 is 7.26. The highest BCUT2D eigenvalue weighted by molar-refractivity contribution is 8.00. The topological polar surface area (TPSA) is 87.7 Å². The maximum Gasteiger partial charge on any atom is 0.261 e. The van der Waals surface area contributed by atoms with Crippen LogP contribution in [0.3, 0.4) is 0 Å². The van der Waals surface area contributed by atoms with Gasteiger partial charge in [-0.1, -0.05) is 29.4 Å². The van der Waals surface area contributed by atoms with Crippen LogP contribution in [0.25, 0.3) is 11.0 Å². The Morgan fingerprint density at radius 3 is 2.74 bits per heavy atom. The van der Waals surface area contributed by atoms with E-state index in [1.54, 1.807) is 25.1 Å². The highest BCUT2D eigenvalue weighted by atomic mass is 35.5. The third-order valence-electron chi connectivity index (χ3n) is 4.16. The summed E-state index contributed by atoms with van der Waals surface area (Å²) in [5.41, 5.74) is 3.20. The highest BCUT2D eigenvalue weighted by Crippen LogP contribution is 2.25. The molecule has 1 amide bonds. The fourth-order valence-electron chi connectivity index (χ4n) is 2.72. The Morgan fingerprint density at radius 1 is 1.26 bits per heavy atom. The number of nitrogens with zero attached hydrogens (tertiary/aromatic N) is 2. The quantitative estimate of drug-likeness (QED) is 0.508. The second-order valence-corrected chi connectivity index (χ2v) is 8.05. The molecule has 0 saturated heterocycles. The molecule has 2 aromatic heterocycles. The van der Waals surface area contributed by atoms with Crippen molar-refractivity contribution in [3.63, 3.8) is 0 Å². The van der Waals surface area contributed by atoms with Crippen LogP contribution >= 0.6 is 23.4 Å². The molecule has 1 aromatic carbocycles. The SMILES string of the molecule is Cc1cc(C)c2c(=O)[nH]c(S[C@H](C)C(=O)Nc3cccc(Cl)c3C)nc2n1. The van der Waals surface area contributed by atoms with E-state index in [0.717, 1.165) is 16.8 Å². The number of rotatable bonds is 4. The van der Waals surface area contributed by atoms with Crippen molar-refractivity contribution in [1.29, 1.82) is 0 Å². The van der Waals surface area contributed by atoms with Crippen molar-refractivity contribution >= 4 is 46.0 Å². The van der Waals surface area contributed by atoms with E-state index in [2.05, 4.69) is 20.3 Å². The van der Waals surface area contributed by atoms with Gasteiger partial charge in [0.2, 0.25) is 5.91 Å². The van der Waals surface area contributed by atoms with Crippen molar-refractivity contribution in [2.75, 3.05) is 5.32 Å². The lowest BCUT2D eigenvalue weighted by atomic mass is 10.2. The van der Waals surface area contributed by atoms with E-state index in [0.29, 0.717) is 26.9 Å². The maximum absolute atomic E-state index is 12.5. The van der Waals surface area contributed by atoms with Crippen LogP contribution in [0.2, 0.25) is 5.02 Å². The van der Waals surface area contributed by atoms with Crippen LogP contribution < -0.4 is 10.9 Å². The standard InChI is InChI=1S/C19H19ClN4O2S/c1-9-8-10(2)21-16-15(9)18(26)24-19(23-16)27-12(4)17(25)22-14-7-5-6-13(20)11(14)3/h5-8,12H,1-4H3,(H,22,25)(H,21,23,24,26)/t12-/m1/s1. The molecule has 0 unspecified atom stereocenters. The van der Waals surface area contributed by atoms with Gasteiger partial charge in [0.1, 0.15) is 0 Å². The molecule has 6 nitrogen and oxygen atoms in total. The first kappa shape index (κ1) is 19.4. The van der Waals surface area contributed by atoms with E-state index < -0.39 is 5.25 Å². The van der Waals surface area contributed by atoms with Crippen molar-refractivity contribution in [2.24, 2.45) is 0 Å². The number of carbonyl (C=O) groups excluding carboxylic acids is 1. The number of aromatic nitrogens is 3. The molecular formula is C19H19ClN4O2S. The average molecular weight is 403 g/mol. The van der Waals surface area contributed by atoms with Crippen molar-refractivity contribution in [3.05, 3.63) is 56.5 Å². The van der Waals surface area contributed by atoms with Gasteiger partial charge in [0, 0.05) is 16.4 Å². The number of fused-ring (bicyclic) bond motifs is 1. The maximum atomic E-state index is 12.5. The van der Waals surface area contributed by atoms with Gasteiger partial charge >= 0.3 is 0 Å². The Balaban J connectivity index is 1.83. The minimum absolute atomic E-state index is 0.207. The second kappa shape index (κ2) is 7.70. The lowest BCUT2D eigenvalue weighted by Gasteiger charge is -2.14. The first-order valence-corrected chi connectivity index (χ1v) is 9.63. The summed E-state index contributed by atoms with van der Waals surface area (Å²) in [4.78, 5) is 36.4. The fraction of sp³-hybridized carbons (Fsp3) is 0.263. The number of anilines is 1. The van der Waals surface area contributed by atoms with E-state index in [4.69, 9.17) is 11.6 Å². The molecule has 140 valence electrons. The number of halogens is 1. The van der Waals surface area contributed by atoms with Gasteiger partial charge in [-0.3, -0.25) is 9.59 Å². The number of nitrogens with one attached hydrogen (secondary N) is 2. The van der Waals surface area contributed by atoms with Crippen molar-refractivity contribution < 1.29 is 4.79 Å². The zero-order valence-electron chi connectivity index (χ0n) is 15.4. The molecule has 0 saturated carbocycles. The van der Waals surface area contributed by atoms with E-state index in [1.807, 2.05) is 26.8 Å². The highest BCUT2D eigenvalue weighted by Gasteiger charge is 2.18. The molecule has 3 rings (SSSR count). The van der Waals surface area contributed by atoms with Gasteiger partial charge in [-0.2, -0.15) is 0 Å². The van der Waals surface area contributed by atoms with Gasteiger partial charge in [-0.05, 0) is 57.0 Å². The van der Waals surface area contributed by atoms with Gasteiger partial charge in [-0.15, -0.1) is 0 Å². The fourth-order valence-corrected chi connectivity index (χ4v) is 3.68. The largest absolute Gasteiger partial charge is 0.325 e. The predicted molar refractivity (Wildman–Crippen MR) is 110 cm³/mol. The number of aromatic amines is 1. The van der Waals surface area contributed by atoms with E-state index >= 15 is 0 Å². The summed E-state index contributed by atoms with van der Waals surface area (Å²) in [6.45, 7) is 7.29. The van der Waals surface area contributed by atoms with Crippen LogP contribution in [0.15, 0.2) is 34.2 Å². The van der Waals surface area contributed by atoms with Crippen LogP contribution in [0, 0.1) is 20.8 Å². The first-order chi connectivity index (χ1) is 12.8. The summed E-state index contributed by atoms with van der Waals surface area (Å²) in [7, 11) is 0. The number of thioether (sulfide) groups is 1. The lowest BCUT2D eigenvalue weighted by Crippen LogP contribution is -2.23. The minimum Gasteiger partial charge on any atom is -0.325 e. The molecule has 0 aliphatic rings. The summed E-state index contributed by atoms with van der Waals surface area (Å²) in [6.07, 6.45) is 0. The summed E-state index contributed by atoms with van der Waals surface area (Å²) in [5.74, 6) is -0.207. The van der Waals surface area contributed by atoms with Crippen LogP contribution in [0.4, 0.5) is 5.69 Å². The second-order valence-electron chi connectivity index (χ2n) is 6.31.